The van der Waals surface area contributed by atoms with Crippen molar-refractivity contribution in [3.8, 4) is 0 Å². The molecule has 0 aromatic heterocycles. The van der Waals surface area contributed by atoms with Crippen LogP contribution in [0.4, 0.5) is 0 Å². The van der Waals surface area contributed by atoms with Gasteiger partial charge in [0.1, 0.15) is 0 Å². The number of nitrogens with zero attached hydrogens (tertiary/aromatic N) is 1. The van der Waals surface area contributed by atoms with Gasteiger partial charge in [0.05, 0.1) is 0 Å². The lowest BCUT2D eigenvalue weighted by Gasteiger charge is -2.35. The number of benzene rings is 2. The van der Waals surface area contributed by atoms with Gasteiger partial charge < -0.3 is 10.2 Å². The van der Waals surface area contributed by atoms with E-state index in [1.807, 2.05) is 0 Å². The van der Waals surface area contributed by atoms with Crippen LogP contribution in [0.1, 0.15) is 31.2 Å². The van der Waals surface area contributed by atoms with Gasteiger partial charge in [0.25, 0.3) is 0 Å². The van der Waals surface area contributed by atoms with Crippen molar-refractivity contribution < 1.29 is 0 Å². The maximum absolute atomic E-state index is 3.73. The van der Waals surface area contributed by atoms with Gasteiger partial charge in [0, 0.05) is 12.1 Å². The smallest absolute Gasteiger partial charge is 0.0246 e. The van der Waals surface area contributed by atoms with Crippen molar-refractivity contribution >= 4 is 10.8 Å². The molecule has 22 heavy (non-hydrogen) atoms. The molecule has 0 amide bonds. The molecule has 0 saturated carbocycles. The molecule has 1 heterocycles. The van der Waals surface area contributed by atoms with E-state index in [4.69, 9.17) is 0 Å². The quantitative estimate of drug-likeness (QED) is 0.901. The molecule has 1 aliphatic rings. The van der Waals surface area contributed by atoms with E-state index in [2.05, 4.69) is 66.8 Å². The van der Waals surface area contributed by atoms with Crippen LogP contribution in [0.15, 0.2) is 42.5 Å². The summed E-state index contributed by atoms with van der Waals surface area (Å²) in [6.07, 6.45) is 6.40. The highest BCUT2D eigenvalue weighted by Crippen LogP contribution is 2.23. The molecular formula is C20H28N2. The Balaban J connectivity index is 1.73. The summed E-state index contributed by atoms with van der Waals surface area (Å²) >= 11 is 0. The van der Waals surface area contributed by atoms with Crippen LogP contribution in [-0.2, 0) is 6.42 Å². The van der Waals surface area contributed by atoms with E-state index >= 15 is 0 Å². The summed E-state index contributed by atoms with van der Waals surface area (Å²) in [5.74, 6) is 0. The monoisotopic (exact) mass is 296 g/mol. The van der Waals surface area contributed by atoms with Crippen LogP contribution >= 0.6 is 0 Å². The van der Waals surface area contributed by atoms with Gasteiger partial charge in [0.2, 0.25) is 0 Å². The lowest BCUT2D eigenvalue weighted by Crippen LogP contribution is -2.49. The Morgan fingerprint density at radius 2 is 1.91 bits per heavy atom. The molecule has 1 aliphatic heterocycles. The Bertz CT molecular complexity index is 594. The van der Waals surface area contributed by atoms with Gasteiger partial charge in [-0.05, 0) is 62.7 Å². The fourth-order valence-electron chi connectivity index (χ4n) is 3.84. The van der Waals surface area contributed by atoms with Crippen LogP contribution in [0.3, 0.4) is 0 Å². The second-order valence-corrected chi connectivity index (χ2v) is 6.76. The van der Waals surface area contributed by atoms with Gasteiger partial charge >= 0.3 is 0 Å². The molecule has 2 aromatic carbocycles. The molecule has 1 fully saturated rings. The van der Waals surface area contributed by atoms with Gasteiger partial charge in [-0.1, -0.05) is 48.9 Å². The minimum absolute atomic E-state index is 0.624. The first kappa shape index (κ1) is 15.5. The van der Waals surface area contributed by atoms with Gasteiger partial charge in [-0.3, -0.25) is 0 Å². The Labute approximate surface area is 134 Å². The van der Waals surface area contributed by atoms with Crippen LogP contribution in [0.5, 0.6) is 0 Å². The maximum Gasteiger partial charge on any atom is 0.0246 e. The molecule has 3 rings (SSSR count). The lowest BCUT2D eigenvalue weighted by molar-refractivity contribution is 0.193. The highest BCUT2D eigenvalue weighted by Gasteiger charge is 2.24. The van der Waals surface area contributed by atoms with Crippen molar-refractivity contribution in [3.05, 3.63) is 48.0 Å². The van der Waals surface area contributed by atoms with Crippen molar-refractivity contribution in [2.45, 2.75) is 44.2 Å². The molecular weight excluding hydrogens is 268 g/mol. The summed E-state index contributed by atoms with van der Waals surface area (Å²) in [4.78, 5) is 2.41. The fourth-order valence-corrected chi connectivity index (χ4v) is 3.84. The van der Waals surface area contributed by atoms with Gasteiger partial charge in [-0.2, -0.15) is 0 Å². The minimum Gasteiger partial charge on any atom is -0.312 e. The SMILES string of the molecule is CN(C)C(CCc1cccc2ccccc12)C1CCCCN1. The van der Waals surface area contributed by atoms with Crippen molar-refractivity contribution in [2.75, 3.05) is 20.6 Å². The third-order valence-electron chi connectivity index (χ3n) is 5.07. The summed E-state index contributed by atoms with van der Waals surface area (Å²) in [6.45, 7) is 1.18. The predicted molar refractivity (Wildman–Crippen MR) is 95.4 cm³/mol. The second-order valence-electron chi connectivity index (χ2n) is 6.76. The van der Waals surface area contributed by atoms with E-state index in [1.165, 1.54) is 48.6 Å². The molecule has 0 aliphatic carbocycles. The fraction of sp³-hybridized carbons (Fsp3) is 0.500. The van der Waals surface area contributed by atoms with E-state index < -0.39 is 0 Å². The van der Waals surface area contributed by atoms with Crippen LogP contribution in [-0.4, -0.2) is 37.6 Å². The first-order valence-corrected chi connectivity index (χ1v) is 8.62. The first-order chi connectivity index (χ1) is 10.8. The first-order valence-electron chi connectivity index (χ1n) is 8.62. The Hall–Kier alpha value is -1.38. The molecule has 1 N–H and O–H groups in total. The molecule has 2 unspecified atom stereocenters. The largest absolute Gasteiger partial charge is 0.312 e. The number of fused-ring (bicyclic) bond motifs is 1. The van der Waals surface area contributed by atoms with Crippen LogP contribution < -0.4 is 5.32 Å². The van der Waals surface area contributed by atoms with Crippen molar-refractivity contribution in [1.82, 2.24) is 10.2 Å². The zero-order valence-corrected chi connectivity index (χ0v) is 13.9. The summed E-state index contributed by atoms with van der Waals surface area (Å²) < 4.78 is 0. The van der Waals surface area contributed by atoms with Crippen LogP contribution in [0, 0.1) is 0 Å². The van der Waals surface area contributed by atoms with Crippen molar-refractivity contribution in [2.24, 2.45) is 0 Å². The Morgan fingerprint density at radius 3 is 2.68 bits per heavy atom. The third-order valence-corrected chi connectivity index (χ3v) is 5.07. The molecule has 2 aromatic rings. The lowest BCUT2D eigenvalue weighted by atomic mass is 9.91. The summed E-state index contributed by atoms with van der Waals surface area (Å²) in [5, 5.41) is 6.51. The van der Waals surface area contributed by atoms with E-state index in [0.717, 1.165) is 6.42 Å². The van der Waals surface area contributed by atoms with E-state index in [9.17, 15) is 0 Å². The molecule has 0 bridgehead atoms. The topological polar surface area (TPSA) is 15.3 Å². The number of hydrogen-bond acceptors (Lipinski definition) is 2. The molecule has 0 radical (unpaired) electrons. The number of piperidine rings is 1. The summed E-state index contributed by atoms with van der Waals surface area (Å²) in [5.41, 5.74) is 1.49. The Kier molecular flexibility index (Phi) is 5.12. The number of likely N-dealkylation sites (N-methyl/N-ethyl adjacent to an activating group) is 1. The van der Waals surface area contributed by atoms with E-state index in [0.29, 0.717) is 12.1 Å². The maximum atomic E-state index is 3.73. The molecule has 118 valence electrons. The zero-order chi connectivity index (χ0) is 15.4. The molecule has 0 spiro atoms. The number of hydrogen-bond donors (Lipinski definition) is 1. The van der Waals surface area contributed by atoms with Gasteiger partial charge in [0.15, 0.2) is 0 Å². The second kappa shape index (κ2) is 7.26. The Morgan fingerprint density at radius 1 is 1.09 bits per heavy atom. The zero-order valence-electron chi connectivity index (χ0n) is 13.9. The molecule has 1 saturated heterocycles. The molecule has 2 nitrogen and oxygen atoms in total. The van der Waals surface area contributed by atoms with Crippen LogP contribution in [0.2, 0.25) is 0 Å². The van der Waals surface area contributed by atoms with Crippen molar-refractivity contribution in [3.63, 3.8) is 0 Å². The average Bonchev–Trinajstić information content (AvgIpc) is 2.56. The van der Waals surface area contributed by atoms with Crippen LogP contribution in [0.25, 0.3) is 10.8 Å². The van der Waals surface area contributed by atoms with Gasteiger partial charge in [-0.15, -0.1) is 0 Å². The van der Waals surface area contributed by atoms with Gasteiger partial charge in [-0.25, -0.2) is 0 Å². The highest BCUT2D eigenvalue weighted by atomic mass is 15.1. The number of nitrogens with one attached hydrogen (secondary N) is 1. The summed E-state index contributed by atoms with van der Waals surface area (Å²) in [7, 11) is 4.45. The van der Waals surface area contributed by atoms with Crippen molar-refractivity contribution in [1.29, 1.82) is 0 Å². The standard InChI is InChI=1S/C20H28N2/c1-22(2)20(19-12-5-6-15-21-19)14-13-17-10-7-9-16-8-3-4-11-18(16)17/h3-4,7-11,19-21H,5-6,12-15H2,1-2H3. The predicted octanol–water partition coefficient (Wildman–Crippen LogP) is 3.84. The number of rotatable bonds is 5. The normalized spacial score (nSPS) is 20.4. The minimum atomic E-state index is 0.624. The molecule has 2 atom stereocenters. The van der Waals surface area contributed by atoms with E-state index in [1.54, 1.807) is 0 Å². The summed E-state index contributed by atoms with van der Waals surface area (Å²) in [6, 6.07) is 16.7. The third kappa shape index (κ3) is 3.50. The highest BCUT2D eigenvalue weighted by molar-refractivity contribution is 5.85. The molecule has 2 heteroatoms. The average molecular weight is 296 g/mol. The van der Waals surface area contributed by atoms with E-state index in [-0.39, 0.29) is 0 Å². The number of aryl methyl sites for hydroxylation is 1.